The first-order chi connectivity index (χ1) is 11.6. The fourth-order valence-corrected chi connectivity index (χ4v) is 3.10. The van der Waals surface area contributed by atoms with Crippen molar-refractivity contribution < 1.29 is 4.79 Å². The third-order valence-corrected chi connectivity index (χ3v) is 4.67. The van der Waals surface area contributed by atoms with Gasteiger partial charge in [-0.15, -0.1) is 0 Å². The second-order valence-corrected chi connectivity index (χ2v) is 6.14. The number of fused-ring (bicyclic) bond motifs is 2. The molecule has 24 heavy (non-hydrogen) atoms. The molecular weight excluding hydrogens is 302 g/mol. The standard InChI is InChI=1S/C18H19N5O/c1-12(16-10-13-6-4-5-7-15(13)20-16)22(3)18(24)14-11-19-23-9-8-21(2)17(14)23/h4-12,20H,1-3H3. The normalized spacial score (nSPS) is 12.8. The molecule has 0 aliphatic carbocycles. The summed E-state index contributed by atoms with van der Waals surface area (Å²) in [6.45, 7) is 2.02. The third-order valence-electron chi connectivity index (χ3n) is 4.67. The van der Waals surface area contributed by atoms with Crippen molar-refractivity contribution in [2.45, 2.75) is 13.0 Å². The smallest absolute Gasteiger partial charge is 0.259 e. The number of carbonyl (C=O) groups excluding carboxylic acids is 1. The highest BCUT2D eigenvalue weighted by Gasteiger charge is 2.24. The minimum Gasteiger partial charge on any atom is -0.357 e. The van der Waals surface area contributed by atoms with Crippen molar-refractivity contribution in [1.82, 2.24) is 24.1 Å². The van der Waals surface area contributed by atoms with Gasteiger partial charge in [0, 0.05) is 37.7 Å². The molecule has 0 aliphatic rings. The van der Waals surface area contributed by atoms with Crippen molar-refractivity contribution in [2.24, 2.45) is 7.05 Å². The topological polar surface area (TPSA) is 58.3 Å². The summed E-state index contributed by atoms with van der Waals surface area (Å²) in [7, 11) is 3.74. The number of H-pyrrole nitrogens is 1. The van der Waals surface area contributed by atoms with Gasteiger partial charge in [0.1, 0.15) is 11.2 Å². The number of benzene rings is 1. The monoisotopic (exact) mass is 321 g/mol. The molecule has 0 saturated carbocycles. The number of aromatic amines is 1. The van der Waals surface area contributed by atoms with Crippen LogP contribution in [-0.2, 0) is 7.05 Å². The maximum atomic E-state index is 12.9. The molecule has 0 aliphatic heterocycles. The fraction of sp³-hybridized carbons (Fsp3) is 0.222. The van der Waals surface area contributed by atoms with Gasteiger partial charge in [0.25, 0.3) is 5.91 Å². The molecule has 0 saturated heterocycles. The molecule has 6 nitrogen and oxygen atoms in total. The van der Waals surface area contributed by atoms with E-state index in [4.69, 9.17) is 0 Å². The summed E-state index contributed by atoms with van der Waals surface area (Å²) in [6.07, 6.45) is 5.36. The minimum absolute atomic E-state index is 0.0436. The van der Waals surface area contributed by atoms with Crippen LogP contribution in [0.2, 0.25) is 0 Å². The van der Waals surface area contributed by atoms with E-state index in [1.165, 1.54) is 0 Å². The van der Waals surface area contributed by atoms with Crippen LogP contribution in [0.15, 0.2) is 48.9 Å². The van der Waals surface area contributed by atoms with Crippen LogP contribution in [0.3, 0.4) is 0 Å². The van der Waals surface area contributed by atoms with Crippen LogP contribution in [0.5, 0.6) is 0 Å². The van der Waals surface area contributed by atoms with Crippen molar-refractivity contribution in [3.63, 3.8) is 0 Å². The predicted molar refractivity (Wildman–Crippen MR) is 93.0 cm³/mol. The summed E-state index contributed by atoms with van der Waals surface area (Å²) in [5.41, 5.74) is 3.50. The van der Waals surface area contributed by atoms with E-state index < -0.39 is 0 Å². The van der Waals surface area contributed by atoms with Gasteiger partial charge in [0.2, 0.25) is 0 Å². The SMILES string of the molecule is CC(c1cc2ccccc2[nH]1)N(C)C(=O)c1cnn2ccn(C)c12. The molecule has 1 N–H and O–H groups in total. The first kappa shape index (κ1) is 14.6. The number of nitrogens with zero attached hydrogens (tertiary/aromatic N) is 4. The van der Waals surface area contributed by atoms with E-state index in [9.17, 15) is 4.79 Å². The van der Waals surface area contributed by atoms with Gasteiger partial charge in [-0.2, -0.15) is 5.10 Å². The Morgan fingerprint density at radius 1 is 1.29 bits per heavy atom. The van der Waals surface area contributed by atoms with Crippen LogP contribution in [0.4, 0.5) is 0 Å². The molecule has 1 atom stereocenters. The van der Waals surface area contributed by atoms with Crippen molar-refractivity contribution in [2.75, 3.05) is 7.05 Å². The molecule has 1 aromatic carbocycles. The van der Waals surface area contributed by atoms with Gasteiger partial charge in [-0.1, -0.05) is 18.2 Å². The lowest BCUT2D eigenvalue weighted by atomic mass is 10.1. The zero-order valence-electron chi connectivity index (χ0n) is 13.9. The number of aryl methyl sites for hydroxylation is 1. The number of imidazole rings is 1. The van der Waals surface area contributed by atoms with Gasteiger partial charge >= 0.3 is 0 Å². The lowest BCUT2D eigenvalue weighted by Gasteiger charge is -2.23. The van der Waals surface area contributed by atoms with Crippen LogP contribution in [0, 0.1) is 0 Å². The number of rotatable bonds is 3. The Morgan fingerprint density at radius 2 is 2.08 bits per heavy atom. The minimum atomic E-state index is -0.0693. The lowest BCUT2D eigenvalue weighted by molar-refractivity contribution is 0.0742. The van der Waals surface area contributed by atoms with E-state index >= 15 is 0 Å². The van der Waals surface area contributed by atoms with Gasteiger partial charge < -0.3 is 14.5 Å². The first-order valence-corrected chi connectivity index (χ1v) is 7.89. The molecule has 6 heteroatoms. The second kappa shape index (κ2) is 5.26. The van der Waals surface area contributed by atoms with E-state index in [-0.39, 0.29) is 11.9 Å². The summed E-state index contributed by atoms with van der Waals surface area (Å²) in [5.74, 6) is -0.0436. The van der Waals surface area contributed by atoms with Crippen molar-refractivity contribution >= 4 is 22.5 Å². The second-order valence-electron chi connectivity index (χ2n) is 6.14. The van der Waals surface area contributed by atoms with Gasteiger partial charge in [0.15, 0.2) is 0 Å². The maximum absolute atomic E-state index is 12.9. The first-order valence-electron chi connectivity index (χ1n) is 7.89. The van der Waals surface area contributed by atoms with E-state index in [1.54, 1.807) is 15.6 Å². The fourth-order valence-electron chi connectivity index (χ4n) is 3.10. The van der Waals surface area contributed by atoms with Crippen molar-refractivity contribution in [3.8, 4) is 0 Å². The van der Waals surface area contributed by atoms with Crippen molar-refractivity contribution in [1.29, 1.82) is 0 Å². The Bertz CT molecular complexity index is 1010. The lowest BCUT2D eigenvalue weighted by Crippen LogP contribution is -2.30. The summed E-state index contributed by atoms with van der Waals surface area (Å²) in [6, 6.07) is 10.1. The molecule has 0 fully saturated rings. The number of carbonyl (C=O) groups is 1. The number of amides is 1. The van der Waals surface area contributed by atoms with Crippen molar-refractivity contribution in [3.05, 3.63) is 60.2 Å². The third kappa shape index (κ3) is 2.11. The zero-order chi connectivity index (χ0) is 16.8. The quantitative estimate of drug-likeness (QED) is 0.630. The molecule has 0 spiro atoms. The zero-order valence-corrected chi connectivity index (χ0v) is 13.9. The van der Waals surface area contributed by atoms with Gasteiger partial charge in [0.05, 0.1) is 12.2 Å². The Labute approximate surface area is 139 Å². The molecule has 0 radical (unpaired) electrons. The summed E-state index contributed by atoms with van der Waals surface area (Å²) >= 11 is 0. The van der Waals surface area contributed by atoms with Crippen LogP contribution in [-0.4, -0.2) is 37.0 Å². The van der Waals surface area contributed by atoms with Crippen LogP contribution < -0.4 is 0 Å². The van der Waals surface area contributed by atoms with E-state index in [0.29, 0.717) is 5.56 Å². The average molecular weight is 321 g/mol. The van der Waals surface area contributed by atoms with Gasteiger partial charge in [-0.3, -0.25) is 4.79 Å². The molecular formula is C18H19N5O. The molecule has 4 rings (SSSR count). The highest BCUT2D eigenvalue weighted by atomic mass is 16.2. The highest BCUT2D eigenvalue weighted by molar-refractivity contribution is 6.00. The summed E-state index contributed by atoms with van der Waals surface area (Å²) in [5, 5.41) is 5.40. The highest BCUT2D eigenvalue weighted by Crippen LogP contribution is 2.25. The maximum Gasteiger partial charge on any atom is 0.259 e. The molecule has 4 aromatic rings. The number of hydrogen-bond donors (Lipinski definition) is 1. The predicted octanol–water partition coefficient (Wildman–Crippen LogP) is 2.99. The Kier molecular flexibility index (Phi) is 3.19. The summed E-state index contributed by atoms with van der Waals surface area (Å²) in [4.78, 5) is 18.1. The van der Waals surface area contributed by atoms with Crippen LogP contribution >= 0.6 is 0 Å². The van der Waals surface area contributed by atoms with E-state index in [0.717, 1.165) is 22.2 Å². The van der Waals surface area contributed by atoms with Gasteiger partial charge in [-0.25, -0.2) is 4.52 Å². The molecule has 1 unspecified atom stereocenters. The number of nitrogens with one attached hydrogen (secondary N) is 1. The molecule has 1 amide bonds. The molecule has 122 valence electrons. The number of para-hydroxylation sites is 1. The number of aromatic nitrogens is 4. The molecule has 3 heterocycles. The Morgan fingerprint density at radius 3 is 2.88 bits per heavy atom. The van der Waals surface area contributed by atoms with Gasteiger partial charge in [-0.05, 0) is 24.4 Å². The summed E-state index contributed by atoms with van der Waals surface area (Å²) < 4.78 is 3.62. The Hall–Kier alpha value is -3.02. The molecule has 3 aromatic heterocycles. The van der Waals surface area contributed by atoms with E-state index in [2.05, 4.69) is 22.2 Å². The van der Waals surface area contributed by atoms with Crippen LogP contribution in [0.1, 0.15) is 29.0 Å². The average Bonchev–Trinajstić information content (AvgIpc) is 3.28. The largest absolute Gasteiger partial charge is 0.357 e. The number of hydrogen-bond acceptors (Lipinski definition) is 2. The Balaban J connectivity index is 1.67. The van der Waals surface area contributed by atoms with E-state index in [1.807, 2.05) is 56.2 Å². The van der Waals surface area contributed by atoms with Crippen LogP contribution in [0.25, 0.3) is 16.6 Å². The molecule has 0 bridgehead atoms.